The van der Waals surface area contributed by atoms with Gasteiger partial charge in [0.05, 0.1) is 0 Å². The molecule has 1 amide bonds. The Kier molecular flexibility index (Phi) is 8.25. The van der Waals surface area contributed by atoms with Gasteiger partial charge in [0.25, 0.3) is 5.91 Å². The van der Waals surface area contributed by atoms with Gasteiger partial charge in [-0.2, -0.15) is 0 Å². The number of unbranched alkanes of at least 4 members (excludes halogenated alkanes) is 2. The summed E-state index contributed by atoms with van der Waals surface area (Å²) in [4.78, 5) is 21.6. The maximum Gasteiger partial charge on any atom is 0.251 e. The Morgan fingerprint density at radius 2 is 1.90 bits per heavy atom. The molecule has 2 heterocycles. The Hall–Kier alpha value is -2.66. The number of carbonyl (C=O) groups is 1. The summed E-state index contributed by atoms with van der Waals surface area (Å²) in [7, 11) is 0. The molecule has 1 saturated heterocycles. The lowest BCUT2D eigenvalue weighted by Gasteiger charge is -2.35. The lowest BCUT2D eigenvalue weighted by atomic mass is 10.2. The highest BCUT2D eigenvalue weighted by molar-refractivity contribution is 5.94. The van der Waals surface area contributed by atoms with Crippen LogP contribution in [0.4, 0.5) is 5.82 Å². The molecule has 1 fully saturated rings. The van der Waals surface area contributed by atoms with Crippen LogP contribution in [0.1, 0.15) is 42.1 Å². The first-order valence-electron chi connectivity index (χ1n) is 10.7. The molecule has 5 heteroatoms. The number of anilines is 1. The molecule has 1 aromatic heterocycles. The summed E-state index contributed by atoms with van der Waals surface area (Å²) < 4.78 is 0. The fourth-order valence-corrected chi connectivity index (χ4v) is 3.47. The van der Waals surface area contributed by atoms with Crippen molar-refractivity contribution in [3.63, 3.8) is 0 Å². The van der Waals surface area contributed by atoms with Crippen LogP contribution in [0, 0.1) is 0 Å². The molecule has 0 spiro atoms. The number of benzene rings is 1. The van der Waals surface area contributed by atoms with Gasteiger partial charge >= 0.3 is 0 Å². The van der Waals surface area contributed by atoms with Crippen LogP contribution in [0.25, 0.3) is 6.08 Å². The smallest absolute Gasteiger partial charge is 0.251 e. The SMILES string of the molecule is CCCCCNC(=O)c1ccnc(N2CCN(C/C=C/c3ccccc3)CC2)c1. The second-order valence-corrected chi connectivity index (χ2v) is 7.47. The van der Waals surface area contributed by atoms with E-state index in [1.807, 2.05) is 12.1 Å². The van der Waals surface area contributed by atoms with Crippen molar-refractivity contribution in [3.8, 4) is 0 Å². The third kappa shape index (κ3) is 6.71. The lowest BCUT2D eigenvalue weighted by molar-refractivity contribution is 0.0953. The summed E-state index contributed by atoms with van der Waals surface area (Å²) in [6.07, 6.45) is 9.48. The van der Waals surface area contributed by atoms with Crippen molar-refractivity contribution >= 4 is 17.8 Å². The number of pyridine rings is 1. The molecule has 154 valence electrons. The first kappa shape index (κ1) is 21.1. The first-order valence-corrected chi connectivity index (χ1v) is 10.7. The minimum atomic E-state index is -0.00515. The van der Waals surface area contributed by atoms with Crippen molar-refractivity contribution in [2.45, 2.75) is 26.2 Å². The third-order valence-corrected chi connectivity index (χ3v) is 5.24. The molecule has 3 rings (SSSR count). The normalized spacial score (nSPS) is 15.0. The summed E-state index contributed by atoms with van der Waals surface area (Å²) in [6.45, 7) is 7.69. The van der Waals surface area contributed by atoms with Crippen molar-refractivity contribution in [1.29, 1.82) is 0 Å². The summed E-state index contributed by atoms with van der Waals surface area (Å²) >= 11 is 0. The Morgan fingerprint density at radius 3 is 2.66 bits per heavy atom. The zero-order valence-electron chi connectivity index (χ0n) is 17.4. The molecule has 0 atom stereocenters. The van der Waals surface area contributed by atoms with Crippen LogP contribution in [0.3, 0.4) is 0 Å². The van der Waals surface area contributed by atoms with Crippen LogP contribution >= 0.6 is 0 Å². The second-order valence-electron chi connectivity index (χ2n) is 7.47. The molecule has 2 aromatic rings. The standard InChI is InChI=1S/C24H32N4O/c1-2-3-7-13-26-24(29)22-12-14-25-23(20-22)28-18-16-27(17-19-28)15-8-11-21-9-5-4-6-10-21/h4-6,8-12,14,20H,2-3,7,13,15-19H2,1H3,(H,26,29)/b11-8+. The van der Waals surface area contributed by atoms with Gasteiger partial charge in [-0.1, -0.05) is 62.2 Å². The van der Waals surface area contributed by atoms with Crippen molar-refractivity contribution in [3.05, 3.63) is 65.9 Å². The Bertz CT molecular complexity index is 782. The minimum Gasteiger partial charge on any atom is -0.354 e. The predicted molar refractivity (Wildman–Crippen MR) is 120 cm³/mol. The zero-order chi connectivity index (χ0) is 20.3. The fourth-order valence-electron chi connectivity index (χ4n) is 3.47. The van der Waals surface area contributed by atoms with Crippen LogP contribution in [-0.2, 0) is 0 Å². The van der Waals surface area contributed by atoms with E-state index in [4.69, 9.17) is 0 Å². The maximum absolute atomic E-state index is 12.4. The van der Waals surface area contributed by atoms with E-state index in [2.05, 4.69) is 63.4 Å². The summed E-state index contributed by atoms with van der Waals surface area (Å²) in [5, 5.41) is 3.01. The van der Waals surface area contributed by atoms with Gasteiger partial charge in [0.2, 0.25) is 0 Å². The van der Waals surface area contributed by atoms with Crippen molar-refractivity contribution in [2.24, 2.45) is 0 Å². The Balaban J connectivity index is 1.46. The average molecular weight is 393 g/mol. The molecule has 1 aliphatic rings. The number of hydrogen-bond acceptors (Lipinski definition) is 4. The van der Waals surface area contributed by atoms with E-state index in [9.17, 15) is 4.79 Å². The predicted octanol–water partition coefficient (Wildman–Crippen LogP) is 3.84. The van der Waals surface area contributed by atoms with E-state index in [0.717, 1.165) is 64.3 Å². The number of nitrogens with one attached hydrogen (secondary N) is 1. The molecule has 0 saturated carbocycles. The highest BCUT2D eigenvalue weighted by atomic mass is 16.1. The van der Waals surface area contributed by atoms with Gasteiger partial charge in [-0.25, -0.2) is 4.98 Å². The van der Waals surface area contributed by atoms with E-state index in [-0.39, 0.29) is 5.91 Å². The van der Waals surface area contributed by atoms with Gasteiger partial charge in [0.1, 0.15) is 5.82 Å². The molecular weight excluding hydrogens is 360 g/mol. The first-order chi connectivity index (χ1) is 14.3. The average Bonchev–Trinajstić information content (AvgIpc) is 2.78. The molecule has 0 bridgehead atoms. The quantitative estimate of drug-likeness (QED) is 0.659. The Labute approximate surface area is 174 Å². The van der Waals surface area contributed by atoms with Gasteiger partial charge in [-0.05, 0) is 24.1 Å². The van der Waals surface area contributed by atoms with Crippen LogP contribution < -0.4 is 10.2 Å². The van der Waals surface area contributed by atoms with Crippen LogP contribution in [-0.4, -0.2) is 55.1 Å². The largest absolute Gasteiger partial charge is 0.354 e. The van der Waals surface area contributed by atoms with Crippen molar-refractivity contribution in [1.82, 2.24) is 15.2 Å². The van der Waals surface area contributed by atoms with Crippen molar-refractivity contribution in [2.75, 3.05) is 44.2 Å². The number of hydrogen-bond donors (Lipinski definition) is 1. The van der Waals surface area contributed by atoms with Crippen LogP contribution in [0.2, 0.25) is 0 Å². The zero-order valence-corrected chi connectivity index (χ0v) is 17.4. The van der Waals surface area contributed by atoms with Crippen LogP contribution in [0.15, 0.2) is 54.7 Å². The second kappa shape index (κ2) is 11.4. The maximum atomic E-state index is 12.4. The van der Waals surface area contributed by atoms with Gasteiger partial charge in [-0.3, -0.25) is 9.69 Å². The number of carbonyl (C=O) groups excluding carboxylic acids is 1. The Morgan fingerprint density at radius 1 is 1.10 bits per heavy atom. The van der Waals surface area contributed by atoms with E-state index in [1.165, 1.54) is 5.56 Å². The molecule has 0 radical (unpaired) electrons. The van der Waals surface area contributed by atoms with Gasteiger partial charge in [-0.15, -0.1) is 0 Å². The van der Waals surface area contributed by atoms with Gasteiger partial charge in [0.15, 0.2) is 0 Å². The summed E-state index contributed by atoms with van der Waals surface area (Å²) in [5.74, 6) is 0.889. The fraction of sp³-hybridized carbons (Fsp3) is 0.417. The minimum absolute atomic E-state index is 0.00515. The van der Waals surface area contributed by atoms with E-state index in [0.29, 0.717) is 5.56 Å². The molecule has 5 nitrogen and oxygen atoms in total. The molecular formula is C24H32N4O. The lowest BCUT2D eigenvalue weighted by Crippen LogP contribution is -2.46. The number of nitrogens with zero attached hydrogens (tertiary/aromatic N) is 3. The number of aromatic nitrogens is 1. The summed E-state index contributed by atoms with van der Waals surface area (Å²) in [6, 6.07) is 14.1. The molecule has 0 unspecified atom stereocenters. The van der Waals surface area contributed by atoms with Gasteiger partial charge in [0, 0.05) is 51.0 Å². The monoisotopic (exact) mass is 392 g/mol. The van der Waals surface area contributed by atoms with E-state index >= 15 is 0 Å². The van der Waals surface area contributed by atoms with E-state index in [1.54, 1.807) is 12.3 Å². The molecule has 1 aliphatic heterocycles. The molecule has 0 aliphatic carbocycles. The van der Waals surface area contributed by atoms with Crippen LogP contribution in [0.5, 0.6) is 0 Å². The highest BCUT2D eigenvalue weighted by Gasteiger charge is 2.18. The van der Waals surface area contributed by atoms with Gasteiger partial charge < -0.3 is 10.2 Å². The molecule has 1 aromatic carbocycles. The summed E-state index contributed by atoms with van der Waals surface area (Å²) in [5.41, 5.74) is 1.93. The molecule has 1 N–H and O–H groups in total. The number of amides is 1. The number of piperazine rings is 1. The van der Waals surface area contributed by atoms with E-state index < -0.39 is 0 Å². The number of rotatable bonds is 9. The topological polar surface area (TPSA) is 48.5 Å². The van der Waals surface area contributed by atoms with Crippen molar-refractivity contribution < 1.29 is 4.79 Å². The molecule has 29 heavy (non-hydrogen) atoms. The third-order valence-electron chi connectivity index (χ3n) is 5.24. The highest BCUT2D eigenvalue weighted by Crippen LogP contribution is 2.15.